The maximum atomic E-state index is 13.2. The molecule has 2 aromatic carbocycles. The molecule has 1 N–H and O–H groups in total. The average Bonchev–Trinajstić information content (AvgIpc) is 3.09. The number of hydrogen-bond donors (Lipinski definition) is 1. The van der Waals surface area contributed by atoms with E-state index in [4.69, 9.17) is 0 Å². The highest BCUT2D eigenvalue weighted by Gasteiger charge is 2.19. The van der Waals surface area contributed by atoms with Gasteiger partial charge in [-0.1, -0.05) is 140 Å². The zero-order valence-electron chi connectivity index (χ0n) is 29.7. The summed E-state index contributed by atoms with van der Waals surface area (Å²) in [7, 11) is 2.07. The van der Waals surface area contributed by atoms with Crippen LogP contribution in [-0.2, 0) is 4.79 Å². The van der Waals surface area contributed by atoms with E-state index in [2.05, 4.69) is 30.7 Å². The Hall–Kier alpha value is -2.66. The molecule has 1 amide bonds. The van der Waals surface area contributed by atoms with Crippen molar-refractivity contribution in [3.63, 3.8) is 0 Å². The van der Waals surface area contributed by atoms with Crippen molar-refractivity contribution in [2.24, 2.45) is 0 Å². The van der Waals surface area contributed by atoms with Crippen molar-refractivity contribution >= 4 is 17.4 Å². The van der Waals surface area contributed by atoms with Crippen LogP contribution in [-0.4, -0.2) is 48.4 Å². The van der Waals surface area contributed by atoms with Gasteiger partial charge in [0.15, 0.2) is 5.78 Å². The Kier molecular flexibility index (Phi) is 21.8. The Balaban J connectivity index is 1.70. The highest BCUT2D eigenvalue weighted by molar-refractivity contribution is 6.00. The Morgan fingerprint density at radius 3 is 1.57 bits per heavy atom. The zero-order valence-corrected chi connectivity index (χ0v) is 29.7. The van der Waals surface area contributed by atoms with Gasteiger partial charge in [0, 0.05) is 44.4 Å². The third-order valence-electron chi connectivity index (χ3n) is 9.26. The first-order chi connectivity index (χ1) is 22.5. The molecule has 0 heterocycles. The van der Waals surface area contributed by atoms with Crippen molar-refractivity contribution in [1.82, 2.24) is 4.90 Å². The van der Waals surface area contributed by atoms with E-state index in [0.717, 1.165) is 57.4 Å². The number of hydrogen-bond acceptors (Lipinski definition) is 4. The predicted molar refractivity (Wildman–Crippen MR) is 196 cm³/mol. The number of aliphatic hydroxyl groups excluding tert-OH is 1. The smallest absolute Gasteiger partial charge is 0.222 e. The van der Waals surface area contributed by atoms with E-state index in [1.54, 1.807) is 24.3 Å². The topological polar surface area (TPSA) is 60.9 Å². The fourth-order valence-electron chi connectivity index (χ4n) is 6.15. The van der Waals surface area contributed by atoms with E-state index in [9.17, 15) is 14.7 Å². The third kappa shape index (κ3) is 16.8. The van der Waals surface area contributed by atoms with Crippen LogP contribution in [0.1, 0.15) is 164 Å². The van der Waals surface area contributed by atoms with Gasteiger partial charge in [-0.25, -0.2) is 0 Å². The van der Waals surface area contributed by atoms with Crippen LogP contribution in [0.3, 0.4) is 0 Å². The van der Waals surface area contributed by atoms with Crippen LogP contribution in [0.5, 0.6) is 0 Å². The zero-order chi connectivity index (χ0) is 33.2. The predicted octanol–water partition coefficient (Wildman–Crippen LogP) is 10.7. The molecule has 2 aromatic rings. The molecule has 0 spiro atoms. The summed E-state index contributed by atoms with van der Waals surface area (Å²) in [5, 5.41) is 10.5. The van der Waals surface area contributed by atoms with Crippen LogP contribution >= 0.6 is 0 Å². The molecule has 5 heteroatoms. The van der Waals surface area contributed by atoms with Crippen molar-refractivity contribution in [2.75, 3.05) is 31.6 Å². The standard InChI is InChI=1S/C41H66N2O3/c1-4-6-8-10-12-14-16-24-34-43(35-25-17-15-13-11-9-7-5-2)39(44)28-22-19-23-33-42(3)38-31-29-37(30-32-38)41(46)40(45)36-26-20-18-21-27-36/h18,20-21,26-27,29-32,40,45H,4-17,19,22-25,28,33-35H2,1-3H3. The number of aliphatic hydroxyl groups is 1. The largest absolute Gasteiger partial charge is 0.380 e. The fourth-order valence-corrected chi connectivity index (χ4v) is 6.15. The number of unbranched alkanes of at least 4 members (excludes halogenated alkanes) is 16. The number of nitrogens with zero attached hydrogens (tertiary/aromatic N) is 2. The van der Waals surface area contributed by atoms with Gasteiger partial charge in [0.1, 0.15) is 6.10 Å². The maximum Gasteiger partial charge on any atom is 0.222 e. The van der Waals surface area contributed by atoms with Gasteiger partial charge in [0.25, 0.3) is 0 Å². The van der Waals surface area contributed by atoms with Crippen molar-refractivity contribution < 1.29 is 14.7 Å². The minimum absolute atomic E-state index is 0.288. The summed E-state index contributed by atoms with van der Waals surface area (Å²) < 4.78 is 0. The second kappa shape index (κ2) is 25.4. The average molecular weight is 635 g/mol. The van der Waals surface area contributed by atoms with Crippen LogP contribution in [0, 0.1) is 0 Å². The van der Waals surface area contributed by atoms with Crippen molar-refractivity contribution in [2.45, 2.75) is 148 Å². The molecule has 0 saturated heterocycles. The summed E-state index contributed by atoms with van der Waals surface area (Å²) in [6.45, 7) is 7.28. The first kappa shape index (κ1) is 39.5. The lowest BCUT2D eigenvalue weighted by Gasteiger charge is -2.23. The molecule has 5 nitrogen and oxygen atoms in total. The molecule has 0 bridgehead atoms. The molecule has 1 unspecified atom stereocenters. The number of anilines is 1. The molecule has 0 aromatic heterocycles. The monoisotopic (exact) mass is 635 g/mol. The lowest BCUT2D eigenvalue weighted by molar-refractivity contribution is -0.131. The molecule has 46 heavy (non-hydrogen) atoms. The molecule has 1 atom stereocenters. The van der Waals surface area contributed by atoms with Crippen LogP contribution in [0.4, 0.5) is 5.69 Å². The number of carbonyl (C=O) groups excluding carboxylic acids is 2. The SMILES string of the molecule is CCCCCCCCCCN(CCCCCCCCCC)C(=O)CCCCCN(C)c1ccc(C(=O)C(O)c2ccccc2)cc1. The first-order valence-corrected chi connectivity index (χ1v) is 18.8. The molecule has 0 aliphatic heterocycles. The Labute approximate surface area is 282 Å². The summed E-state index contributed by atoms with van der Waals surface area (Å²) in [6.07, 6.45) is 23.2. The molecule has 0 aliphatic carbocycles. The second-order valence-electron chi connectivity index (χ2n) is 13.3. The summed E-state index contributed by atoms with van der Waals surface area (Å²) in [6, 6.07) is 16.5. The lowest BCUT2D eigenvalue weighted by Crippen LogP contribution is -2.32. The maximum absolute atomic E-state index is 13.2. The highest BCUT2D eigenvalue weighted by atomic mass is 16.3. The lowest BCUT2D eigenvalue weighted by atomic mass is 10.00. The van der Waals surface area contributed by atoms with Crippen LogP contribution in [0.25, 0.3) is 0 Å². The summed E-state index contributed by atoms with van der Waals surface area (Å²) in [4.78, 5) is 30.3. The van der Waals surface area contributed by atoms with E-state index < -0.39 is 6.10 Å². The first-order valence-electron chi connectivity index (χ1n) is 18.8. The van der Waals surface area contributed by atoms with Gasteiger partial charge in [-0.3, -0.25) is 9.59 Å². The number of rotatable bonds is 28. The van der Waals surface area contributed by atoms with E-state index in [0.29, 0.717) is 23.5 Å². The number of ketones is 1. The number of carbonyl (C=O) groups is 2. The van der Waals surface area contributed by atoms with Gasteiger partial charge in [-0.2, -0.15) is 0 Å². The molecular formula is C41H66N2O3. The van der Waals surface area contributed by atoms with E-state index in [1.165, 1.54) is 89.9 Å². The van der Waals surface area contributed by atoms with Gasteiger partial charge < -0.3 is 14.9 Å². The third-order valence-corrected chi connectivity index (χ3v) is 9.26. The van der Waals surface area contributed by atoms with Gasteiger partial charge in [0.05, 0.1) is 0 Å². The van der Waals surface area contributed by atoms with Crippen LogP contribution in [0.2, 0.25) is 0 Å². The van der Waals surface area contributed by atoms with Crippen molar-refractivity contribution in [3.8, 4) is 0 Å². The number of amides is 1. The van der Waals surface area contributed by atoms with Gasteiger partial charge >= 0.3 is 0 Å². The van der Waals surface area contributed by atoms with Gasteiger partial charge in [0.2, 0.25) is 5.91 Å². The number of Topliss-reactive ketones (excluding diaryl/α,β-unsaturated/α-hetero) is 1. The summed E-state index contributed by atoms with van der Waals surface area (Å²) >= 11 is 0. The molecule has 0 fully saturated rings. The minimum atomic E-state index is -1.15. The Bertz CT molecular complexity index is 1020. The summed E-state index contributed by atoms with van der Waals surface area (Å²) in [5.41, 5.74) is 2.16. The second-order valence-corrected chi connectivity index (χ2v) is 13.3. The minimum Gasteiger partial charge on any atom is -0.380 e. The summed E-state index contributed by atoms with van der Waals surface area (Å²) in [5.74, 6) is 0.0566. The van der Waals surface area contributed by atoms with Crippen molar-refractivity contribution in [3.05, 3.63) is 65.7 Å². The van der Waals surface area contributed by atoms with E-state index >= 15 is 0 Å². The number of benzene rings is 2. The van der Waals surface area contributed by atoms with E-state index in [-0.39, 0.29) is 5.78 Å². The Morgan fingerprint density at radius 1 is 0.587 bits per heavy atom. The molecule has 2 rings (SSSR count). The van der Waals surface area contributed by atoms with Gasteiger partial charge in [-0.15, -0.1) is 0 Å². The molecule has 258 valence electrons. The quantitative estimate of drug-likeness (QED) is 0.0747. The molecular weight excluding hydrogens is 568 g/mol. The Morgan fingerprint density at radius 2 is 1.04 bits per heavy atom. The van der Waals surface area contributed by atoms with Crippen molar-refractivity contribution in [1.29, 1.82) is 0 Å². The molecule has 0 radical (unpaired) electrons. The normalized spacial score (nSPS) is 11.8. The fraction of sp³-hybridized carbons (Fsp3) is 0.659. The molecule has 0 saturated carbocycles. The highest BCUT2D eigenvalue weighted by Crippen LogP contribution is 2.21. The van der Waals surface area contributed by atoms with Crippen LogP contribution in [0.15, 0.2) is 54.6 Å². The van der Waals surface area contributed by atoms with Gasteiger partial charge in [-0.05, 0) is 55.5 Å². The van der Waals surface area contributed by atoms with E-state index in [1.807, 2.05) is 30.3 Å². The van der Waals surface area contributed by atoms with Crippen LogP contribution < -0.4 is 4.90 Å². The molecule has 0 aliphatic rings.